The van der Waals surface area contributed by atoms with E-state index in [0.717, 1.165) is 11.3 Å². The van der Waals surface area contributed by atoms with E-state index in [2.05, 4.69) is 15.8 Å². The van der Waals surface area contributed by atoms with Crippen LogP contribution in [0, 0.1) is 0 Å². The molecule has 0 aliphatic heterocycles. The van der Waals surface area contributed by atoms with Gasteiger partial charge in [-0.15, -0.1) is 0 Å². The second-order valence-corrected chi connectivity index (χ2v) is 6.19. The van der Waals surface area contributed by atoms with Gasteiger partial charge in [-0.05, 0) is 48.1 Å². The van der Waals surface area contributed by atoms with Gasteiger partial charge in [0.15, 0.2) is 5.11 Å². The van der Waals surface area contributed by atoms with E-state index in [9.17, 15) is 0 Å². The summed E-state index contributed by atoms with van der Waals surface area (Å²) < 4.78 is 0. The molecule has 0 spiro atoms. The Morgan fingerprint density at radius 2 is 1.83 bits per heavy atom. The zero-order chi connectivity index (χ0) is 16.8. The number of halogens is 2. The summed E-state index contributed by atoms with van der Waals surface area (Å²) in [6, 6.07) is 13.1. The molecule has 2 aromatic rings. The Balaban J connectivity index is 1.92. The van der Waals surface area contributed by atoms with Crippen molar-refractivity contribution in [3.63, 3.8) is 0 Å². The summed E-state index contributed by atoms with van der Waals surface area (Å²) in [5.74, 6) is 0. The van der Waals surface area contributed by atoms with E-state index in [4.69, 9.17) is 35.4 Å². The first kappa shape index (κ1) is 17.5. The number of benzene rings is 2. The zero-order valence-corrected chi connectivity index (χ0v) is 15.0. The van der Waals surface area contributed by atoms with Gasteiger partial charge in [0.05, 0.1) is 16.9 Å². The Hall–Kier alpha value is -1.82. The van der Waals surface area contributed by atoms with Crippen LogP contribution in [0.2, 0.25) is 10.0 Å². The molecule has 0 aromatic heterocycles. The quantitative estimate of drug-likeness (QED) is 0.478. The molecule has 0 heterocycles. The molecule has 0 unspecified atom stereocenters. The lowest BCUT2D eigenvalue weighted by molar-refractivity contribution is 1.05. The van der Waals surface area contributed by atoms with Crippen LogP contribution in [0.15, 0.2) is 47.6 Å². The van der Waals surface area contributed by atoms with Crippen molar-refractivity contribution in [1.82, 2.24) is 5.43 Å². The van der Waals surface area contributed by atoms with E-state index < -0.39 is 0 Å². The van der Waals surface area contributed by atoms with Gasteiger partial charge in [-0.1, -0.05) is 35.3 Å². The maximum atomic E-state index is 6.06. The van der Waals surface area contributed by atoms with Gasteiger partial charge in [-0.25, -0.2) is 0 Å². The van der Waals surface area contributed by atoms with Crippen LogP contribution in [0.1, 0.15) is 5.56 Å². The topological polar surface area (TPSA) is 39.7 Å². The Labute approximate surface area is 151 Å². The van der Waals surface area contributed by atoms with Gasteiger partial charge in [-0.2, -0.15) is 5.10 Å². The maximum Gasteiger partial charge on any atom is 0.191 e. The van der Waals surface area contributed by atoms with Gasteiger partial charge in [0.1, 0.15) is 0 Å². The van der Waals surface area contributed by atoms with Crippen LogP contribution in [0.4, 0.5) is 11.4 Å². The number of anilines is 2. The van der Waals surface area contributed by atoms with Crippen LogP contribution < -0.4 is 15.6 Å². The summed E-state index contributed by atoms with van der Waals surface area (Å²) in [7, 11) is 3.99. The van der Waals surface area contributed by atoms with Crippen molar-refractivity contribution in [2.45, 2.75) is 0 Å². The van der Waals surface area contributed by atoms with Crippen molar-refractivity contribution in [3.05, 3.63) is 58.1 Å². The fourth-order valence-electron chi connectivity index (χ4n) is 1.77. The molecular weight excluding hydrogens is 351 g/mol. The molecule has 7 heteroatoms. The van der Waals surface area contributed by atoms with Crippen LogP contribution in [0.3, 0.4) is 0 Å². The molecule has 2 N–H and O–H groups in total. The Kier molecular flexibility index (Phi) is 6.21. The highest BCUT2D eigenvalue weighted by Crippen LogP contribution is 2.25. The number of thiocarbonyl (C=S) groups is 1. The highest BCUT2D eigenvalue weighted by Gasteiger charge is 2.03. The minimum atomic E-state index is 0.329. The van der Waals surface area contributed by atoms with Crippen LogP contribution >= 0.6 is 35.4 Å². The van der Waals surface area contributed by atoms with Gasteiger partial charge in [-0.3, -0.25) is 5.43 Å². The second kappa shape index (κ2) is 8.15. The number of nitrogens with zero attached hydrogens (tertiary/aromatic N) is 2. The molecule has 0 radical (unpaired) electrons. The molecule has 0 saturated carbocycles. The molecular formula is C16H16Cl2N4S. The van der Waals surface area contributed by atoms with Gasteiger partial charge in [0, 0.05) is 24.8 Å². The third kappa shape index (κ3) is 5.39. The molecule has 0 amide bonds. The Morgan fingerprint density at radius 3 is 2.48 bits per heavy atom. The third-order valence-electron chi connectivity index (χ3n) is 2.97. The third-order valence-corrected chi connectivity index (χ3v) is 3.72. The molecule has 0 aliphatic carbocycles. The van der Waals surface area contributed by atoms with E-state index in [0.29, 0.717) is 20.8 Å². The number of rotatable bonds is 4. The Morgan fingerprint density at radius 1 is 1.13 bits per heavy atom. The van der Waals surface area contributed by atoms with Gasteiger partial charge >= 0.3 is 0 Å². The number of hydrogen-bond acceptors (Lipinski definition) is 3. The van der Waals surface area contributed by atoms with E-state index >= 15 is 0 Å². The summed E-state index contributed by atoms with van der Waals surface area (Å²) in [5.41, 5.74) is 5.46. The van der Waals surface area contributed by atoms with Crippen LogP contribution in [-0.2, 0) is 0 Å². The molecule has 2 aromatic carbocycles. The molecule has 0 aliphatic rings. The number of hydrogen-bond donors (Lipinski definition) is 2. The Bertz CT molecular complexity index is 715. The molecule has 0 fully saturated rings. The lowest BCUT2D eigenvalue weighted by atomic mass is 10.2. The minimum Gasteiger partial charge on any atom is -0.378 e. The van der Waals surface area contributed by atoms with Crippen molar-refractivity contribution >= 4 is 58.1 Å². The monoisotopic (exact) mass is 366 g/mol. The molecule has 120 valence electrons. The smallest absolute Gasteiger partial charge is 0.191 e. The fourth-order valence-corrected chi connectivity index (χ4v) is 2.27. The number of hydrazone groups is 1. The summed E-state index contributed by atoms with van der Waals surface area (Å²) in [4.78, 5) is 2.03. The van der Waals surface area contributed by atoms with Crippen molar-refractivity contribution in [2.24, 2.45) is 5.10 Å². The van der Waals surface area contributed by atoms with Crippen molar-refractivity contribution in [2.75, 3.05) is 24.3 Å². The number of nitrogens with one attached hydrogen (secondary N) is 2. The van der Waals surface area contributed by atoms with Crippen LogP contribution in [0.25, 0.3) is 0 Å². The summed E-state index contributed by atoms with van der Waals surface area (Å²) in [5, 5.41) is 8.47. The first-order valence-corrected chi connectivity index (χ1v) is 7.94. The second-order valence-electron chi connectivity index (χ2n) is 4.93. The van der Waals surface area contributed by atoms with Crippen molar-refractivity contribution in [1.29, 1.82) is 0 Å². The first-order valence-electron chi connectivity index (χ1n) is 6.78. The zero-order valence-electron chi connectivity index (χ0n) is 12.7. The molecule has 4 nitrogen and oxygen atoms in total. The molecule has 23 heavy (non-hydrogen) atoms. The van der Waals surface area contributed by atoms with Gasteiger partial charge in [0.25, 0.3) is 0 Å². The highest BCUT2D eigenvalue weighted by atomic mass is 35.5. The molecule has 0 saturated heterocycles. The predicted octanol–water partition coefficient (Wildman–Crippen LogP) is 4.38. The van der Waals surface area contributed by atoms with Crippen molar-refractivity contribution < 1.29 is 0 Å². The maximum absolute atomic E-state index is 6.06. The minimum absolute atomic E-state index is 0.329. The lowest BCUT2D eigenvalue weighted by Crippen LogP contribution is -2.24. The average Bonchev–Trinajstić information content (AvgIpc) is 2.51. The van der Waals surface area contributed by atoms with E-state index in [1.807, 2.05) is 43.3 Å². The lowest BCUT2D eigenvalue weighted by Gasteiger charge is -2.11. The highest BCUT2D eigenvalue weighted by molar-refractivity contribution is 7.80. The first-order chi connectivity index (χ1) is 11.0. The fraction of sp³-hybridized carbons (Fsp3) is 0.125. The standard InChI is InChI=1S/C16H16Cl2N4S/c1-22(2)13-6-3-11(4-7-13)10-19-21-16(23)20-15-9-12(17)5-8-14(15)18/h3-10H,1-2H3,(H2,20,21,23)/b19-10-. The largest absolute Gasteiger partial charge is 0.378 e. The normalized spacial score (nSPS) is 10.6. The van der Waals surface area contributed by atoms with Gasteiger partial charge < -0.3 is 10.2 Å². The van der Waals surface area contributed by atoms with E-state index in [1.54, 1.807) is 24.4 Å². The van der Waals surface area contributed by atoms with Crippen molar-refractivity contribution in [3.8, 4) is 0 Å². The molecule has 0 atom stereocenters. The summed E-state index contributed by atoms with van der Waals surface area (Å²) in [6.07, 6.45) is 1.69. The van der Waals surface area contributed by atoms with E-state index in [-0.39, 0.29) is 0 Å². The van der Waals surface area contributed by atoms with Gasteiger partial charge in [0.2, 0.25) is 0 Å². The SMILES string of the molecule is CN(C)c1ccc(/C=N\NC(=S)Nc2cc(Cl)ccc2Cl)cc1. The summed E-state index contributed by atoms with van der Waals surface area (Å²) >= 11 is 17.1. The van der Waals surface area contributed by atoms with Crippen LogP contribution in [0.5, 0.6) is 0 Å². The van der Waals surface area contributed by atoms with E-state index in [1.165, 1.54) is 0 Å². The molecule has 2 rings (SSSR count). The average molecular weight is 367 g/mol. The predicted molar refractivity (Wildman–Crippen MR) is 104 cm³/mol. The molecule has 0 bridgehead atoms. The van der Waals surface area contributed by atoms with Crippen LogP contribution in [-0.4, -0.2) is 25.4 Å². The summed E-state index contributed by atoms with van der Waals surface area (Å²) in [6.45, 7) is 0.